The lowest BCUT2D eigenvalue weighted by molar-refractivity contribution is -0.139. The van der Waals surface area contributed by atoms with Crippen LogP contribution in [0.5, 0.6) is 0 Å². The molecule has 7 heteroatoms. The second-order valence-electron chi connectivity index (χ2n) is 10.1. The van der Waals surface area contributed by atoms with E-state index >= 15 is 0 Å². The Kier molecular flexibility index (Phi) is 6.26. The number of ether oxygens (including phenoxy) is 1. The van der Waals surface area contributed by atoms with Crippen LogP contribution in [0.1, 0.15) is 43.7 Å². The first kappa shape index (κ1) is 23.4. The quantitative estimate of drug-likeness (QED) is 0.627. The average Bonchev–Trinajstić information content (AvgIpc) is 3.52. The molecule has 0 radical (unpaired) electrons. The van der Waals surface area contributed by atoms with Gasteiger partial charge >= 0.3 is 12.1 Å². The molecule has 5 rings (SSSR count). The van der Waals surface area contributed by atoms with E-state index in [0.717, 1.165) is 28.7 Å². The summed E-state index contributed by atoms with van der Waals surface area (Å²) in [6.07, 6.45) is 0.818. The number of nitrogens with zero attached hydrogens (tertiary/aromatic N) is 1. The largest absolute Gasteiger partial charge is 0.481 e. The highest BCUT2D eigenvalue weighted by molar-refractivity contribution is 5.86. The van der Waals surface area contributed by atoms with Crippen LogP contribution in [0.4, 0.5) is 4.79 Å². The molecule has 0 aromatic heterocycles. The Morgan fingerprint density at radius 1 is 1.06 bits per heavy atom. The molecular formula is C28H32N2O5. The van der Waals surface area contributed by atoms with Crippen LogP contribution in [-0.4, -0.2) is 53.7 Å². The number of carboxylic acid groups (broad SMARTS) is 1. The molecule has 184 valence electrons. The highest BCUT2D eigenvalue weighted by atomic mass is 16.5. The van der Waals surface area contributed by atoms with Gasteiger partial charge < -0.3 is 20.1 Å². The van der Waals surface area contributed by atoms with Gasteiger partial charge in [0, 0.05) is 19.0 Å². The van der Waals surface area contributed by atoms with Crippen molar-refractivity contribution < 1.29 is 24.2 Å². The number of piperidine rings is 1. The fourth-order valence-corrected chi connectivity index (χ4v) is 5.95. The number of aliphatic carboxylic acids is 1. The Labute approximate surface area is 205 Å². The molecule has 0 spiro atoms. The topological polar surface area (TPSA) is 95.9 Å². The van der Waals surface area contributed by atoms with Gasteiger partial charge in [-0.2, -0.15) is 0 Å². The Bertz CT molecular complexity index is 1100. The molecule has 5 unspecified atom stereocenters. The minimum Gasteiger partial charge on any atom is -0.481 e. The number of carboxylic acids is 1. The molecule has 35 heavy (non-hydrogen) atoms. The molecule has 3 aliphatic rings. The standard InChI is InChI=1S/C28H32N2O5/c1-3-16(2)25(26(31)30-13-12-21-22(14-30)24(21)27(32)33)29-28(34)35-15-23-19-10-6-4-8-17(19)18-9-5-7-11-20(18)23/h4-11,16,21-25H,3,12-15H2,1-2H3,(H,29,34)(H,32,33). The van der Waals surface area contributed by atoms with E-state index < -0.39 is 18.1 Å². The number of rotatable bonds is 7. The summed E-state index contributed by atoms with van der Waals surface area (Å²) in [6.45, 7) is 5.09. The first-order valence-electron chi connectivity index (χ1n) is 12.5. The number of likely N-dealkylation sites (tertiary alicyclic amines) is 1. The third-order valence-corrected chi connectivity index (χ3v) is 8.19. The third kappa shape index (κ3) is 4.28. The molecule has 1 saturated heterocycles. The van der Waals surface area contributed by atoms with Crippen molar-refractivity contribution in [2.24, 2.45) is 23.7 Å². The lowest BCUT2D eigenvalue weighted by Crippen LogP contribution is -2.53. The summed E-state index contributed by atoms with van der Waals surface area (Å²) in [7, 11) is 0. The molecule has 5 atom stereocenters. The first-order valence-corrected chi connectivity index (χ1v) is 12.5. The molecule has 0 bridgehead atoms. The van der Waals surface area contributed by atoms with Crippen molar-refractivity contribution in [3.05, 3.63) is 59.7 Å². The number of benzene rings is 2. The maximum absolute atomic E-state index is 13.4. The van der Waals surface area contributed by atoms with Gasteiger partial charge in [-0.15, -0.1) is 0 Å². The van der Waals surface area contributed by atoms with E-state index in [1.165, 1.54) is 0 Å². The summed E-state index contributed by atoms with van der Waals surface area (Å²) in [5.74, 6) is -1.19. The minimum absolute atomic E-state index is 0.0252. The fraction of sp³-hybridized carbons (Fsp3) is 0.464. The summed E-state index contributed by atoms with van der Waals surface area (Å²) < 4.78 is 5.68. The Morgan fingerprint density at radius 3 is 2.29 bits per heavy atom. The second-order valence-corrected chi connectivity index (χ2v) is 10.1. The van der Waals surface area contributed by atoms with Gasteiger partial charge in [0.25, 0.3) is 0 Å². The van der Waals surface area contributed by atoms with Crippen molar-refractivity contribution in [2.75, 3.05) is 19.7 Å². The monoisotopic (exact) mass is 476 g/mol. The van der Waals surface area contributed by atoms with Crippen LogP contribution >= 0.6 is 0 Å². The number of carbonyl (C=O) groups excluding carboxylic acids is 2. The summed E-state index contributed by atoms with van der Waals surface area (Å²) in [4.78, 5) is 39.4. The predicted molar refractivity (Wildman–Crippen MR) is 131 cm³/mol. The lowest BCUT2D eigenvalue weighted by Gasteiger charge is -2.32. The van der Waals surface area contributed by atoms with Gasteiger partial charge in [0.05, 0.1) is 5.92 Å². The molecule has 7 nitrogen and oxygen atoms in total. The van der Waals surface area contributed by atoms with E-state index in [1.807, 2.05) is 38.1 Å². The Morgan fingerprint density at radius 2 is 1.69 bits per heavy atom. The molecule has 1 heterocycles. The van der Waals surface area contributed by atoms with Crippen LogP contribution in [0, 0.1) is 23.7 Å². The van der Waals surface area contributed by atoms with Crippen LogP contribution in [0.3, 0.4) is 0 Å². The minimum atomic E-state index is -0.774. The lowest BCUT2D eigenvalue weighted by atomic mass is 9.97. The first-order chi connectivity index (χ1) is 16.9. The zero-order valence-electron chi connectivity index (χ0n) is 20.1. The second kappa shape index (κ2) is 9.36. The van der Waals surface area contributed by atoms with Crippen LogP contribution in [0.25, 0.3) is 11.1 Å². The van der Waals surface area contributed by atoms with Gasteiger partial charge in [-0.3, -0.25) is 9.59 Å². The average molecular weight is 477 g/mol. The van der Waals surface area contributed by atoms with Crippen molar-refractivity contribution >= 4 is 18.0 Å². The van der Waals surface area contributed by atoms with Gasteiger partial charge in [0.15, 0.2) is 0 Å². The normalized spacial score (nSPS) is 23.9. The number of fused-ring (bicyclic) bond motifs is 4. The third-order valence-electron chi connectivity index (χ3n) is 8.19. The fourth-order valence-electron chi connectivity index (χ4n) is 5.95. The number of hydrogen-bond donors (Lipinski definition) is 2. The highest BCUT2D eigenvalue weighted by Gasteiger charge is 2.57. The zero-order chi connectivity index (χ0) is 24.7. The van der Waals surface area contributed by atoms with Gasteiger partial charge in [-0.1, -0.05) is 68.8 Å². The van der Waals surface area contributed by atoms with Crippen molar-refractivity contribution in [1.82, 2.24) is 10.2 Å². The zero-order valence-corrected chi connectivity index (χ0v) is 20.1. The SMILES string of the molecule is CCC(C)C(NC(=O)OCC1c2ccccc2-c2ccccc21)C(=O)N1CCC2C(C1)C2C(=O)O. The number of amides is 2. The van der Waals surface area contributed by atoms with Gasteiger partial charge in [0.2, 0.25) is 5.91 Å². The maximum atomic E-state index is 13.4. The maximum Gasteiger partial charge on any atom is 0.407 e. The van der Waals surface area contributed by atoms with Crippen LogP contribution in [-0.2, 0) is 14.3 Å². The Balaban J connectivity index is 1.24. The van der Waals surface area contributed by atoms with E-state index in [-0.39, 0.29) is 42.1 Å². The molecular weight excluding hydrogens is 444 g/mol. The summed E-state index contributed by atoms with van der Waals surface area (Å²) in [5.41, 5.74) is 4.59. The smallest absolute Gasteiger partial charge is 0.407 e. The molecule has 2 aromatic carbocycles. The summed E-state index contributed by atoms with van der Waals surface area (Å²) in [5, 5.41) is 12.2. The molecule has 2 amide bonds. The van der Waals surface area contributed by atoms with Crippen molar-refractivity contribution in [1.29, 1.82) is 0 Å². The van der Waals surface area contributed by atoms with E-state index in [9.17, 15) is 19.5 Å². The van der Waals surface area contributed by atoms with Crippen LogP contribution < -0.4 is 5.32 Å². The predicted octanol–water partition coefficient (Wildman–Crippen LogP) is 4.12. The van der Waals surface area contributed by atoms with E-state index in [1.54, 1.807) is 4.90 Å². The van der Waals surface area contributed by atoms with Crippen LogP contribution in [0.2, 0.25) is 0 Å². The molecule has 1 saturated carbocycles. The number of nitrogens with one attached hydrogen (secondary N) is 1. The number of alkyl carbamates (subject to hydrolysis) is 1. The van der Waals surface area contributed by atoms with E-state index in [4.69, 9.17) is 4.74 Å². The molecule has 2 fully saturated rings. The highest BCUT2D eigenvalue weighted by Crippen LogP contribution is 2.51. The van der Waals surface area contributed by atoms with E-state index in [0.29, 0.717) is 19.5 Å². The number of carbonyl (C=O) groups is 3. The molecule has 2 aromatic rings. The van der Waals surface area contributed by atoms with E-state index in [2.05, 4.69) is 29.6 Å². The molecule has 2 N–H and O–H groups in total. The Hall–Kier alpha value is -3.35. The van der Waals surface area contributed by atoms with Crippen molar-refractivity contribution in [3.8, 4) is 11.1 Å². The van der Waals surface area contributed by atoms with Gasteiger partial charge in [0.1, 0.15) is 12.6 Å². The van der Waals surface area contributed by atoms with Crippen LogP contribution in [0.15, 0.2) is 48.5 Å². The summed E-state index contributed by atoms with van der Waals surface area (Å²) in [6, 6.07) is 15.6. The number of hydrogen-bond acceptors (Lipinski definition) is 4. The molecule has 1 aliphatic heterocycles. The molecule has 2 aliphatic carbocycles. The van der Waals surface area contributed by atoms with Gasteiger partial charge in [-0.05, 0) is 46.4 Å². The van der Waals surface area contributed by atoms with Crippen molar-refractivity contribution in [2.45, 2.75) is 38.6 Å². The summed E-state index contributed by atoms with van der Waals surface area (Å²) >= 11 is 0. The van der Waals surface area contributed by atoms with Crippen molar-refractivity contribution in [3.63, 3.8) is 0 Å². The van der Waals surface area contributed by atoms with Gasteiger partial charge in [-0.25, -0.2) is 4.79 Å².